The fraction of sp³-hybridized carbons (Fsp3) is 0.211. The van der Waals surface area contributed by atoms with Crippen molar-refractivity contribution in [2.24, 2.45) is 0 Å². The van der Waals surface area contributed by atoms with E-state index in [1.165, 1.54) is 17.7 Å². The fourth-order valence-corrected chi connectivity index (χ4v) is 2.67. The van der Waals surface area contributed by atoms with Gasteiger partial charge in [0.15, 0.2) is 0 Å². The van der Waals surface area contributed by atoms with Gasteiger partial charge >= 0.3 is 0 Å². The monoisotopic (exact) mass is 310 g/mol. The van der Waals surface area contributed by atoms with Crippen molar-refractivity contribution in [3.05, 3.63) is 72.2 Å². The highest BCUT2D eigenvalue weighted by molar-refractivity contribution is 5.83. The molecule has 0 radical (unpaired) electrons. The fourth-order valence-electron chi connectivity index (χ4n) is 2.67. The molecule has 0 aliphatic rings. The molecule has 3 nitrogen and oxygen atoms in total. The lowest BCUT2D eigenvalue weighted by Gasteiger charge is -2.07. The third-order valence-corrected chi connectivity index (χ3v) is 3.86. The summed E-state index contributed by atoms with van der Waals surface area (Å²) in [5.41, 5.74) is 2.01. The standard InChI is InChI=1S/C19H19FN2O/c20-17-9-8-16-10-12-22(18(16)13-17)14-19(23)21-11-4-7-15-5-2-1-3-6-15/h1-3,5-6,8-10,12-13H,4,7,11,14H2,(H,21,23). The number of aromatic nitrogens is 1. The van der Waals surface area contributed by atoms with Gasteiger partial charge in [-0.15, -0.1) is 0 Å². The van der Waals surface area contributed by atoms with Crippen molar-refractivity contribution in [2.75, 3.05) is 6.54 Å². The predicted octanol–water partition coefficient (Wildman–Crippen LogP) is 3.53. The van der Waals surface area contributed by atoms with E-state index in [2.05, 4.69) is 17.4 Å². The molecule has 4 heteroatoms. The maximum absolute atomic E-state index is 13.3. The van der Waals surface area contributed by atoms with Crippen molar-refractivity contribution in [2.45, 2.75) is 19.4 Å². The summed E-state index contributed by atoms with van der Waals surface area (Å²) in [6.07, 6.45) is 3.66. The number of carbonyl (C=O) groups excluding carboxylic acids is 1. The van der Waals surface area contributed by atoms with E-state index in [1.807, 2.05) is 30.5 Å². The second-order valence-electron chi connectivity index (χ2n) is 5.59. The summed E-state index contributed by atoms with van der Waals surface area (Å²) in [5.74, 6) is -0.347. The van der Waals surface area contributed by atoms with Gasteiger partial charge in [-0.1, -0.05) is 30.3 Å². The van der Waals surface area contributed by atoms with Crippen molar-refractivity contribution < 1.29 is 9.18 Å². The number of hydrogen-bond donors (Lipinski definition) is 1. The van der Waals surface area contributed by atoms with Gasteiger partial charge < -0.3 is 9.88 Å². The first-order valence-corrected chi connectivity index (χ1v) is 7.77. The van der Waals surface area contributed by atoms with Crippen LogP contribution >= 0.6 is 0 Å². The SMILES string of the molecule is O=C(Cn1ccc2ccc(F)cc21)NCCCc1ccccc1. The molecule has 0 unspecified atom stereocenters. The molecule has 0 bridgehead atoms. The van der Waals surface area contributed by atoms with Crippen LogP contribution in [-0.2, 0) is 17.8 Å². The van der Waals surface area contributed by atoms with Gasteiger partial charge in [0.25, 0.3) is 0 Å². The van der Waals surface area contributed by atoms with Gasteiger partial charge in [0.05, 0.1) is 5.52 Å². The van der Waals surface area contributed by atoms with E-state index in [4.69, 9.17) is 0 Å². The minimum Gasteiger partial charge on any atom is -0.355 e. The van der Waals surface area contributed by atoms with Crippen LogP contribution < -0.4 is 5.32 Å². The van der Waals surface area contributed by atoms with E-state index < -0.39 is 0 Å². The first-order valence-electron chi connectivity index (χ1n) is 7.77. The van der Waals surface area contributed by atoms with Crippen LogP contribution in [0.3, 0.4) is 0 Å². The van der Waals surface area contributed by atoms with Crippen LogP contribution in [0.1, 0.15) is 12.0 Å². The molecule has 0 saturated carbocycles. The molecule has 1 amide bonds. The van der Waals surface area contributed by atoms with Gasteiger partial charge in [0.1, 0.15) is 12.4 Å². The van der Waals surface area contributed by atoms with Crippen molar-refractivity contribution in [1.29, 1.82) is 0 Å². The van der Waals surface area contributed by atoms with Gasteiger partial charge in [-0.3, -0.25) is 4.79 Å². The molecule has 1 aromatic heterocycles. The number of rotatable bonds is 6. The number of nitrogens with one attached hydrogen (secondary N) is 1. The summed E-state index contributed by atoms with van der Waals surface area (Å²) in [5, 5.41) is 3.85. The number of halogens is 1. The molecule has 0 aliphatic carbocycles. The molecule has 0 fully saturated rings. The number of amides is 1. The molecule has 23 heavy (non-hydrogen) atoms. The maximum Gasteiger partial charge on any atom is 0.239 e. The Hall–Kier alpha value is -2.62. The predicted molar refractivity (Wildman–Crippen MR) is 89.7 cm³/mol. The number of nitrogens with zero attached hydrogens (tertiary/aromatic N) is 1. The van der Waals surface area contributed by atoms with E-state index in [0.717, 1.165) is 23.7 Å². The van der Waals surface area contributed by atoms with Crippen LogP contribution in [0.5, 0.6) is 0 Å². The molecular weight excluding hydrogens is 291 g/mol. The first-order chi connectivity index (χ1) is 11.2. The largest absolute Gasteiger partial charge is 0.355 e. The Bertz CT molecular complexity index is 795. The quantitative estimate of drug-likeness (QED) is 0.694. The number of hydrogen-bond acceptors (Lipinski definition) is 1. The Morgan fingerprint density at radius 2 is 1.91 bits per heavy atom. The summed E-state index contributed by atoms with van der Waals surface area (Å²) in [4.78, 5) is 12.0. The second-order valence-corrected chi connectivity index (χ2v) is 5.59. The highest BCUT2D eigenvalue weighted by Crippen LogP contribution is 2.16. The van der Waals surface area contributed by atoms with E-state index in [1.54, 1.807) is 10.6 Å². The summed E-state index contributed by atoms with van der Waals surface area (Å²) < 4.78 is 15.1. The topological polar surface area (TPSA) is 34.0 Å². The second kappa shape index (κ2) is 7.09. The van der Waals surface area contributed by atoms with Crippen molar-refractivity contribution in [3.63, 3.8) is 0 Å². The molecule has 0 saturated heterocycles. The Morgan fingerprint density at radius 3 is 2.74 bits per heavy atom. The van der Waals surface area contributed by atoms with Crippen LogP contribution in [0.25, 0.3) is 10.9 Å². The average molecular weight is 310 g/mol. The van der Waals surface area contributed by atoms with E-state index in [-0.39, 0.29) is 18.3 Å². The molecule has 0 aliphatic heterocycles. The first kappa shape index (κ1) is 15.3. The Labute approximate surface area is 134 Å². The molecule has 118 valence electrons. The lowest BCUT2D eigenvalue weighted by atomic mass is 10.1. The van der Waals surface area contributed by atoms with Crippen LogP contribution in [0.15, 0.2) is 60.8 Å². The maximum atomic E-state index is 13.3. The summed E-state index contributed by atoms with van der Waals surface area (Å²) >= 11 is 0. The molecular formula is C19H19FN2O. The average Bonchev–Trinajstić information content (AvgIpc) is 2.95. The lowest BCUT2D eigenvalue weighted by Crippen LogP contribution is -2.28. The Balaban J connectivity index is 1.50. The zero-order valence-corrected chi connectivity index (χ0v) is 12.8. The number of benzene rings is 2. The zero-order chi connectivity index (χ0) is 16.1. The highest BCUT2D eigenvalue weighted by Gasteiger charge is 2.06. The zero-order valence-electron chi connectivity index (χ0n) is 12.8. The Kier molecular flexibility index (Phi) is 4.71. The lowest BCUT2D eigenvalue weighted by molar-refractivity contribution is -0.121. The molecule has 3 rings (SSSR count). The summed E-state index contributed by atoms with van der Waals surface area (Å²) in [6.45, 7) is 0.847. The smallest absolute Gasteiger partial charge is 0.239 e. The van der Waals surface area contributed by atoms with Gasteiger partial charge in [-0.2, -0.15) is 0 Å². The van der Waals surface area contributed by atoms with E-state index in [0.29, 0.717) is 6.54 Å². The van der Waals surface area contributed by atoms with Crippen LogP contribution in [-0.4, -0.2) is 17.0 Å². The van der Waals surface area contributed by atoms with Crippen molar-refractivity contribution >= 4 is 16.8 Å². The minimum atomic E-state index is -0.291. The third-order valence-electron chi connectivity index (χ3n) is 3.86. The number of aryl methyl sites for hydroxylation is 1. The molecule has 2 aromatic carbocycles. The molecule has 0 spiro atoms. The van der Waals surface area contributed by atoms with E-state index in [9.17, 15) is 9.18 Å². The number of fused-ring (bicyclic) bond motifs is 1. The summed E-state index contributed by atoms with van der Waals surface area (Å²) in [6, 6.07) is 16.7. The number of carbonyl (C=O) groups is 1. The van der Waals surface area contributed by atoms with Gasteiger partial charge in [0.2, 0.25) is 5.91 Å². The highest BCUT2D eigenvalue weighted by atomic mass is 19.1. The normalized spacial score (nSPS) is 10.8. The third kappa shape index (κ3) is 3.97. The van der Waals surface area contributed by atoms with Crippen LogP contribution in [0.4, 0.5) is 4.39 Å². The molecule has 3 aromatic rings. The minimum absolute atomic E-state index is 0.0557. The molecule has 0 atom stereocenters. The van der Waals surface area contributed by atoms with Crippen molar-refractivity contribution in [3.8, 4) is 0 Å². The van der Waals surface area contributed by atoms with E-state index >= 15 is 0 Å². The van der Waals surface area contributed by atoms with Crippen LogP contribution in [0.2, 0.25) is 0 Å². The Morgan fingerprint density at radius 1 is 1.09 bits per heavy atom. The van der Waals surface area contributed by atoms with Crippen molar-refractivity contribution in [1.82, 2.24) is 9.88 Å². The molecule has 1 N–H and O–H groups in total. The van der Waals surface area contributed by atoms with Gasteiger partial charge in [-0.05, 0) is 48.1 Å². The molecule has 1 heterocycles. The van der Waals surface area contributed by atoms with Gasteiger partial charge in [-0.25, -0.2) is 4.39 Å². The summed E-state index contributed by atoms with van der Waals surface area (Å²) in [7, 11) is 0. The van der Waals surface area contributed by atoms with Gasteiger partial charge in [0, 0.05) is 12.7 Å². The van der Waals surface area contributed by atoms with Crippen LogP contribution in [0, 0.1) is 5.82 Å².